The van der Waals surface area contributed by atoms with Crippen molar-refractivity contribution in [1.82, 2.24) is 0 Å². The summed E-state index contributed by atoms with van der Waals surface area (Å²) in [6, 6.07) is 15.3. The number of aryl methyl sites for hydroxylation is 1. The number of benzene rings is 2. The zero-order valence-corrected chi connectivity index (χ0v) is 12.7. The highest BCUT2D eigenvalue weighted by Crippen LogP contribution is 2.40. The maximum absolute atomic E-state index is 6.36. The van der Waals surface area contributed by atoms with Gasteiger partial charge < -0.3 is 5.73 Å². The van der Waals surface area contributed by atoms with E-state index in [0.29, 0.717) is 5.92 Å². The van der Waals surface area contributed by atoms with Gasteiger partial charge in [-0.1, -0.05) is 52.3 Å². The molecule has 0 radical (unpaired) electrons. The second-order valence-corrected chi connectivity index (χ2v) is 6.31. The Morgan fingerprint density at radius 3 is 2.79 bits per heavy atom. The van der Waals surface area contributed by atoms with Crippen LogP contribution in [0.5, 0.6) is 0 Å². The van der Waals surface area contributed by atoms with Crippen molar-refractivity contribution in [2.75, 3.05) is 0 Å². The fourth-order valence-electron chi connectivity index (χ4n) is 2.86. The van der Waals surface area contributed by atoms with E-state index in [1.54, 1.807) is 0 Å². The average Bonchev–Trinajstić information content (AvgIpc) is 2.39. The molecule has 0 amide bonds. The van der Waals surface area contributed by atoms with Crippen LogP contribution in [0.1, 0.15) is 40.6 Å². The fraction of sp³-hybridized carbons (Fsp3) is 0.294. The van der Waals surface area contributed by atoms with Gasteiger partial charge in [-0.25, -0.2) is 0 Å². The normalized spacial score (nSPS) is 18.6. The molecule has 2 aromatic rings. The van der Waals surface area contributed by atoms with E-state index in [0.717, 1.165) is 10.9 Å². The highest BCUT2D eigenvalue weighted by Gasteiger charge is 2.27. The minimum absolute atomic E-state index is 0.121. The van der Waals surface area contributed by atoms with E-state index in [4.69, 9.17) is 5.73 Å². The SMILES string of the molecule is Cc1ccc(C(N)CC2Cc3ccccc32)cc1Br. The maximum atomic E-state index is 6.36. The van der Waals surface area contributed by atoms with E-state index in [9.17, 15) is 0 Å². The molecule has 0 fully saturated rings. The molecule has 1 aliphatic carbocycles. The highest BCUT2D eigenvalue weighted by atomic mass is 79.9. The third-order valence-electron chi connectivity index (χ3n) is 4.12. The fourth-order valence-corrected chi connectivity index (χ4v) is 3.25. The summed E-state index contributed by atoms with van der Waals surface area (Å²) in [5.74, 6) is 0.631. The highest BCUT2D eigenvalue weighted by molar-refractivity contribution is 9.10. The number of fused-ring (bicyclic) bond motifs is 1. The first-order valence-electron chi connectivity index (χ1n) is 6.74. The summed E-state index contributed by atoms with van der Waals surface area (Å²) in [6.45, 7) is 2.10. The van der Waals surface area contributed by atoms with Crippen LogP contribution < -0.4 is 5.73 Å². The molecule has 19 heavy (non-hydrogen) atoms. The van der Waals surface area contributed by atoms with Gasteiger partial charge in [0.15, 0.2) is 0 Å². The van der Waals surface area contributed by atoms with Crippen molar-refractivity contribution in [1.29, 1.82) is 0 Å². The molecular weight excluding hydrogens is 298 g/mol. The molecule has 2 heteroatoms. The summed E-state index contributed by atoms with van der Waals surface area (Å²) < 4.78 is 1.15. The molecule has 0 bridgehead atoms. The van der Waals surface area contributed by atoms with Crippen LogP contribution in [0.2, 0.25) is 0 Å². The molecule has 2 aromatic carbocycles. The summed E-state index contributed by atoms with van der Waals surface area (Å²) in [6.07, 6.45) is 2.21. The van der Waals surface area contributed by atoms with Crippen molar-refractivity contribution in [3.63, 3.8) is 0 Å². The predicted molar refractivity (Wildman–Crippen MR) is 83.3 cm³/mol. The van der Waals surface area contributed by atoms with Gasteiger partial charge in [-0.2, -0.15) is 0 Å². The largest absolute Gasteiger partial charge is 0.324 e. The van der Waals surface area contributed by atoms with E-state index >= 15 is 0 Å². The summed E-state index contributed by atoms with van der Waals surface area (Å²) in [4.78, 5) is 0. The van der Waals surface area contributed by atoms with Crippen LogP contribution in [0.15, 0.2) is 46.9 Å². The van der Waals surface area contributed by atoms with Gasteiger partial charge in [0.2, 0.25) is 0 Å². The van der Waals surface area contributed by atoms with Gasteiger partial charge in [-0.05, 0) is 54.0 Å². The molecule has 2 N–H and O–H groups in total. The van der Waals surface area contributed by atoms with Gasteiger partial charge >= 0.3 is 0 Å². The van der Waals surface area contributed by atoms with Crippen LogP contribution in [0.25, 0.3) is 0 Å². The van der Waals surface area contributed by atoms with Gasteiger partial charge in [0.1, 0.15) is 0 Å². The number of rotatable bonds is 3. The molecular formula is C17H18BrN. The van der Waals surface area contributed by atoms with E-state index in [2.05, 4.69) is 65.3 Å². The minimum Gasteiger partial charge on any atom is -0.324 e. The zero-order chi connectivity index (χ0) is 13.4. The molecule has 0 aliphatic heterocycles. The lowest BCUT2D eigenvalue weighted by atomic mass is 9.74. The van der Waals surface area contributed by atoms with Crippen LogP contribution in [-0.4, -0.2) is 0 Å². The number of hydrogen-bond acceptors (Lipinski definition) is 1. The molecule has 0 heterocycles. The lowest BCUT2D eigenvalue weighted by Crippen LogP contribution is -2.22. The Labute approximate surface area is 123 Å². The zero-order valence-electron chi connectivity index (χ0n) is 11.1. The molecule has 1 aliphatic rings. The monoisotopic (exact) mass is 315 g/mol. The van der Waals surface area contributed by atoms with Crippen molar-refractivity contribution in [3.05, 3.63) is 69.2 Å². The summed E-state index contributed by atoms with van der Waals surface area (Å²) >= 11 is 3.58. The van der Waals surface area contributed by atoms with Crippen molar-refractivity contribution in [3.8, 4) is 0 Å². The van der Waals surface area contributed by atoms with E-state index in [-0.39, 0.29) is 6.04 Å². The third kappa shape index (κ3) is 2.47. The number of halogens is 1. The Hall–Kier alpha value is -1.12. The Bertz CT molecular complexity index is 606. The van der Waals surface area contributed by atoms with E-state index < -0.39 is 0 Å². The molecule has 0 spiro atoms. The first-order chi connectivity index (χ1) is 9.15. The van der Waals surface area contributed by atoms with Crippen molar-refractivity contribution in [2.45, 2.75) is 31.7 Å². The summed E-state index contributed by atoms with van der Waals surface area (Å²) in [7, 11) is 0. The van der Waals surface area contributed by atoms with Gasteiger partial charge in [-0.15, -0.1) is 0 Å². The van der Waals surface area contributed by atoms with Crippen LogP contribution in [-0.2, 0) is 6.42 Å². The number of nitrogens with two attached hydrogens (primary N) is 1. The molecule has 0 aromatic heterocycles. The van der Waals surface area contributed by atoms with Gasteiger partial charge in [0.25, 0.3) is 0 Å². The van der Waals surface area contributed by atoms with Crippen LogP contribution >= 0.6 is 15.9 Å². The molecule has 1 nitrogen and oxygen atoms in total. The second-order valence-electron chi connectivity index (χ2n) is 5.45. The topological polar surface area (TPSA) is 26.0 Å². The van der Waals surface area contributed by atoms with Crippen LogP contribution in [0.4, 0.5) is 0 Å². The Kier molecular flexibility index (Phi) is 3.46. The van der Waals surface area contributed by atoms with Crippen molar-refractivity contribution < 1.29 is 0 Å². The van der Waals surface area contributed by atoms with Crippen LogP contribution in [0, 0.1) is 6.92 Å². The van der Waals surface area contributed by atoms with E-state index in [1.807, 2.05) is 0 Å². The van der Waals surface area contributed by atoms with Crippen LogP contribution in [0.3, 0.4) is 0 Å². The smallest absolute Gasteiger partial charge is 0.0301 e. The van der Waals surface area contributed by atoms with E-state index in [1.165, 1.54) is 28.7 Å². The molecule has 2 unspecified atom stereocenters. The molecule has 3 rings (SSSR count). The first-order valence-corrected chi connectivity index (χ1v) is 7.54. The first kappa shape index (κ1) is 12.9. The predicted octanol–water partition coefficient (Wildman–Crippen LogP) is 4.49. The van der Waals surface area contributed by atoms with Crippen molar-refractivity contribution in [2.24, 2.45) is 5.73 Å². The maximum Gasteiger partial charge on any atom is 0.0301 e. The average molecular weight is 316 g/mol. The van der Waals surface area contributed by atoms with Crippen molar-refractivity contribution >= 4 is 15.9 Å². The second kappa shape index (κ2) is 5.10. The molecule has 0 saturated carbocycles. The lowest BCUT2D eigenvalue weighted by Gasteiger charge is -2.32. The van der Waals surface area contributed by atoms with Gasteiger partial charge in [0.05, 0.1) is 0 Å². The third-order valence-corrected chi connectivity index (χ3v) is 4.98. The Balaban J connectivity index is 1.73. The Morgan fingerprint density at radius 2 is 2.05 bits per heavy atom. The molecule has 0 saturated heterocycles. The summed E-state index contributed by atoms with van der Waals surface area (Å²) in [5.41, 5.74) is 11.8. The quantitative estimate of drug-likeness (QED) is 0.887. The lowest BCUT2D eigenvalue weighted by molar-refractivity contribution is 0.498. The van der Waals surface area contributed by atoms with Gasteiger partial charge in [-0.3, -0.25) is 0 Å². The minimum atomic E-state index is 0.121. The number of hydrogen-bond donors (Lipinski definition) is 1. The molecule has 2 atom stereocenters. The van der Waals surface area contributed by atoms with Gasteiger partial charge in [0, 0.05) is 10.5 Å². The Morgan fingerprint density at radius 1 is 1.26 bits per heavy atom. The standard InChI is InChI=1S/C17H18BrN/c1-11-6-7-13(9-16(11)18)17(19)10-14-8-12-4-2-3-5-15(12)14/h2-7,9,14,17H,8,10,19H2,1H3. The summed E-state index contributed by atoms with van der Waals surface area (Å²) in [5, 5.41) is 0. The molecule has 98 valence electrons.